The molecular weight excluding hydrogens is 291 g/mol. The highest BCUT2D eigenvalue weighted by atomic mass is 19.4. The van der Waals surface area contributed by atoms with Gasteiger partial charge in [-0.2, -0.15) is 13.2 Å². The largest absolute Gasteiger partial charge is 0.490 e. The molecule has 0 aliphatic carbocycles. The van der Waals surface area contributed by atoms with Crippen molar-refractivity contribution < 1.29 is 33.0 Å². The van der Waals surface area contributed by atoms with Crippen LogP contribution >= 0.6 is 0 Å². The van der Waals surface area contributed by atoms with E-state index in [0.29, 0.717) is 6.42 Å². The van der Waals surface area contributed by atoms with Crippen LogP contribution in [0.4, 0.5) is 13.2 Å². The molecule has 0 spiro atoms. The summed E-state index contributed by atoms with van der Waals surface area (Å²) < 4.78 is 31.7. The van der Waals surface area contributed by atoms with Crippen LogP contribution < -0.4 is 5.73 Å². The second-order valence-corrected chi connectivity index (χ2v) is 4.28. The van der Waals surface area contributed by atoms with E-state index in [1.807, 2.05) is 30.3 Å². The molecule has 8 heteroatoms. The van der Waals surface area contributed by atoms with Gasteiger partial charge in [-0.05, 0) is 12.0 Å². The van der Waals surface area contributed by atoms with Gasteiger partial charge in [0.05, 0.1) is 5.92 Å². The Bertz CT molecular complexity index is 462. The van der Waals surface area contributed by atoms with Crippen LogP contribution in [0.2, 0.25) is 0 Å². The van der Waals surface area contributed by atoms with E-state index in [1.54, 1.807) is 6.92 Å². The van der Waals surface area contributed by atoms with Gasteiger partial charge in [0, 0.05) is 6.04 Å². The number of carboxylic acid groups (broad SMARTS) is 2. The maximum Gasteiger partial charge on any atom is 0.490 e. The third-order valence-electron chi connectivity index (χ3n) is 2.59. The highest BCUT2D eigenvalue weighted by Gasteiger charge is 2.38. The van der Waals surface area contributed by atoms with Crippen LogP contribution in [0.5, 0.6) is 0 Å². The second kappa shape index (κ2) is 8.25. The van der Waals surface area contributed by atoms with Crippen molar-refractivity contribution in [3.8, 4) is 0 Å². The Kier molecular flexibility index (Phi) is 7.43. The fourth-order valence-electron chi connectivity index (χ4n) is 1.25. The Morgan fingerprint density at radius 3 is 1.95 bits per heavy atom. The minimum absolute atomic E-state index is 0.324. The summed E-state index contributed by atoms with van der Waals surface area (Å²) in [6, 6.07) is 9.36. The Morgan fingerprint density at radius 2 is 1.62 bits per heavy atom. The maximum absolute atomic E-state index is 10.7. The number of nitrogens with two attached hydrogens (primary N) is 1. The molecule has 0 heterocycles. The lowest BCUT2D eigenvalue weighted by Crippen LogP contribution is -2.35. The lowest BCUT2D eigenvalue weighted by molar-refractivity contribution is -0.192. The molecule has 5 nitrogen and oxygen atoms in total. The molecule has 0 aliphatic heterocycles. The third kappa shape index (κ3) is 7.93. The van der Waals surface area contributed by atoms with Gasteiger partial charge >= 0.3 is 18.1 Å². The number of carboxylic acids is 2. The highest BCUT2D eigenvalue weighted by Crippen LogP contribution is 2.13. The molecule has 1 aromatic carbocycles. The molecule has 118 valence electrons. The SMILES string of the molecule is CC(C(=O)O)C(N)Cc1ccccc1.O=C(O)C(F)(F)F. The molecule has 0 saturated carbocycles. The first kappa shape index (κ1) is 18.9. The molecule has 0 fully saturated rings. The van der Waals surface area contributed by atoms with E-state index in [9.17, 15) is 18.0 Å². The van der Waals surface area contributed by atoms with E-state index in [1.165, 1.54) is 0 Å². The Hall–Kier alpha value is -2.09. The molecule has 1 aromatic rings. The Balaban J connectivity index is 0.000000486. The van der Waals surface area contributed by atoms with Crippen LogP contribution in [-0.2, 0) is 16.0 Å². The van der Waals surface area contributed by atoms with Gasteiger partial charge in [-0.15, -0.1) is 0 Å². The lowest BCUT2D eigenvalue weighted by atomic mass is 9.96. The van der Waals surface area contributed by atoms with Crippen molar-refractivity contribution in [1.29, 1.82) is 0 Å². The predicted octanol–water partition coefficient (Wildman–Crippen LogP) is 1.91. The first-order valence-electron chi connectivity index (χ1n) is 5.88. The molecule has 2 atom stereocenters. The second-order valence-electron chi connectivity index (χ2n) is 4.28. The van der Waals surface area contributed by atoms with Gasteiger partial charge in [-0.1, -0.05) is 37.3 Å². The van der Waals surface area contributed by atoms with Gasteiger partial charge in [0.15, 0.2) is 0 Å². The van der Waals surface area contributed by atoms with E-state index in [4.69, 9.17) is 20.7 Å². The van der Waals surface area contributed by atoms with Gasteiger partial charge in [0.2, 0.25) is 0 Å². The van der Waals surface area contributed by atoms with Crippen molar-refractivity contribution in [3.63, 3.8) is 0 Å². The minimum Gasteiger partial charge on any atom is -0.481 e. The number of aliphatic carboxylic acids is 2. The van der Waals surface area contributed by atoms with Crippen LogP contribution in [0.3, 0.4) is 0 Å². The minimum atomic E-state index is -5.08. The number of hydrogen-bond acceptors (Lipinski definition) is 3. The van der Waals surface area contributed by atoms with Crippen molar-refractivity contribution in [2.75, 3.05) is 0 Å². The molecular formula is C13H16F3NO4. The fourth-order valence-corrected chi connectivity index (χ4v) is 1.25. The first-order chi connectivity index (χ1) is 9.55. The zero-order valence-corrected chi connectivity index (χ0v) is 11.2. The molecule has 1 rings (SSSR count). The number of benzene rings is 1. The van der Waals surface area contributed by atoms with Crippen LogP contribution in [0.25, 0.3) is 0 Å². The number of hydrogen-bond donors (Lipinski definition) is 3. The lowest BCUT2D eigenvalue weighted by Gasteiger charge is -2.15. The molecule has 21 heavy (non-hydrogen) atoms. The van der Waals surface area contributed by atoms with E-state index in [-0.39, 0.29) is 6.04 Å². The van der Waals surface area contributed by atoms with Gasteiger partial charge in [-0.25, -0.2) is 4.79 Å². The monoisotopic (exact) mass is 307 g/mol. The zero-order chi connectivity index (χ0) is 16.6. The summed E-state index contributed by atoms with van der Waals surface area (Å²) in [5, 5.41) is 15.9. The summed E-state index contributed by atoms with van der Waals surface area (Å²) in [4.78, 5) is 19.5. The van der Waals surface area contributed by atoms with Crippen molar-refractivity contribution in [2.24, 2.45) is 11.7 Å². The molecule has 0 radical (unpaired) electrons. The van der Waals surface area contributed by atoms with Gasteiger partial charge in [-0.3, -0.25) is 4.79 Å². The maximum atomic E-state index is 10.7. The average molecular weight is 307 g/mol. The topological polar surface area (TPSA) is 101 Å². The number of halogens is 3. The van der Waals surface area contributed by atoms with Crippen molar-refractivity contribution in [2.45, 2.75) is 25.6 Å². The van der Waals surface area contributed by atoms with Gasteiger partial charge < -0.3 is 15.9 Å². The standard InChI is InChI=1S/C11H15NO2.C2HF3O2/c1-8(11(13)14)10(12)7-9-5-3-2-4-6-9;3-2(4,5)1(6)7/h2-6,8,10H,7,12H2,1H3,(H,13,14);(H,6,7). The Labute approximate surface area is 119 Å². The van der Waals surface area contributed by atoms with Gasteiger partial charge in [0.25, 0.3) is 0 Å². The van der Waals surface area contributed by atoms with Crippen LogP contribution in [0.15, 0.2) is 30.3 Å². The first-order valence-corrected chi connectivity index (χ1v) is 5.88. The molecule has 4 N–H and O–H groups in total. The predicted molar refractivity (Wildman–Crippen MR) is 68.6 cm³/mol. The van der Waals surface area contributed by atoms with Crippen LogP contribution in [0, 0.1) is 5.92 Å². The summed E-state index contributed by atoms with van der Waals surface area (Å²) in [5.41, 5.74) is 6.85. The number of carbonyl (C=O) groups is 2. The van der Waals surface area contributed by atoms with Crippen molar-refractivity contribution in [3.05, 3.63) is 35.9 Å². The molecule has 0 amide bonds. The molecule has 0 bridgehead atoms. The number of rotatable bonds is 4. The quantitative estimate of drug-likeness (QED) is 0.789. The van der Waals surface area contributed by atoms with Crippen molar-refractivity contribution >= 4 is 11.9 Å². The molecule has 2 unspecified atom stereocenters. The summed E-state index contributed by atoms with van der Waals surface area (Å²) in [6.45, 7) is 1.63. The summed E-state index contributed by atoms with van der Waals surface area (Å²) in [5.74, 6) is -4.10. The summed E-state index contributed by atoms with van der Waals surface area (Å²) >= 11 is 0. The van der Waals surface area contributed by atoms with E-state index < -0.39 is 24.0 Å². The van der Waals surface area contributed by atoms with Gasteiger partial charge in [0.1, 0.15) is 0 Å². The highest BCUT2D eigenvalue weighted by molar-refractivity contribution is 5.73. The molecule has 0 aromatic heterocycles. The van der Waals surface area contributed by atoms with Crippen LogP contribution in [-0.4, -0.2) is 34.4 Å². The summed E-state index contributed by atoms with van der Waals surface area (Å²) in [7, 11) is 0. The Morgan fingerprint density at radius 1 is 1.19 bits per heavy atom. The molecule has 0 aliphatic rings. The zero-order valence-electron chi connectivity index (χ0n) is 11.2. The normalized spacial score (nSPS) is 13.6. The van der Waals surface area contributed by atoms with E-state index in [0.717, 1.165) is 5.56 Å². The fraction of sp³-hybridized carbons (Fsp3) is 0.385. The van der Waals surface area contributed by atoms with E-state index >= 15 is 0 Å². The third-order valence-corrected chi connectivity index (χ3v) is 2.59. The van der Waals surface area contributed by atoms with Crippen molar-refractivity contribution in [1.82, 2.24) is 0 Å². The average Bonchev–Trinajstić information content (AvgIpc) is 2.38. The number of alkyl halides is 3. The smallest absolute Gasteiger partial charge is 0.481 e. The van der Waals surface area contributed by atoms with E-state index in [2.05, 4.69) is 0 Å². The molecule has 0 saturated heterocycles. The summed E-state index contributed by atoms with van der Waals surface area (Å²) in [6.07, 6.45) is -4.48. The van der Waals surface area contributed by atoms with Crippen LogP contribution in [0.1, 0.15) is 12.5 Å².